The first-order valence-corrected chi connectivity index (χ1v) is 13.0. The Balaban J connectivity index is 2.00. The maximum Gasteiger partial charge on any atom is 0.353 e. The number of hydrogen-bond donors (Lipinski definition) is 2. The van der Waals surface area contributed by atoms with Crippen LogP contribution in [0.3, 0.4) is 0 Å². The molecule has 0 saturated carbocycles. The predicted molar refractivity (Wildman–Crippen MR) is 100 cm³/mol. The molecule has 1 saturated heterocycles. The van der Waals surface area contributed by atoms with Gasteiger partial charge in [0.25, 0.3) is 32.1 Å². The summed E-state index contributed by atoms with van der Waals surface area (Å²) in [5.41, 5.74) is 0. The van der Waals surface area contributed by atoms with Crippen molar-refractivity contribution in [2.45, 2.75) is 28.4 Å². The van der Waals surface area contributed by atoms with E-state index in [1.54, 1.807) is 24.4 Å². The summed E-state index contributed by atoms with van der Waals surface area (Å²) in [7, 11) is -7.57. The quantitative estimate of drug-likeness (QED) is 0.205. The molecular formula is C13H14N2O10S4. The lowest BCUT2D eigenvalue weighted by molar-refractivity contribution is -0.197. The Morgan fingerprint density at radius 2 is 1.97 bits per heavy atom. The molecule has 1 aromatic heterocycles. The monoisotopic (exact) mass is 486 g/mol. The highest BCUT2D eigenvalue weighted by atomic mass is 33.1. The highest BCUT2D eigenvalue weighted by Gasteiger charge is 2.49. The molecule has 2 amide bonds. The minimum absolute atomic E-state index is 0.0380. The van der Waals surface area contributed by atoms with Gasteiger partial charge in [0.2, 0.25) is 0 Å². The Morgan fingerprint density at radius 1 is 1.28 bits per heavy atom. The molecule has 2 N–H and O–H groups in total. The third kappa shape index (κ3) is 6.38. The fourth-order valence-electron chi connectivity index (χ4n) is 2.10. The van der Waals surface area contributed by atoms with Gasteiger partial charge in [0.15, 0.2) is 10.5 Å². The van der Waals surface area contributed by atoms with Crippen LogP contribution >= 0.6 is 21.6 Å². The first-order chi connectivity index (χ1) is 13.4. The van der Waals surface area contributed by atoms with Crippen LogP contribution in [0.1, 0.15) is 12.8 Å². The van der Waals surface area contributed by atoms with Gasteiger partial charge in [0.05, 0.1) is 6.42 Å². The van der Waals surface area contributed by atoms with Crippen molar-refractivity contribution in [3.63, 3.8) is 0 Å². The number of carbonyl (C=O) groups is 3. The van der Waals surface area contributed by atoms with Gasteiger partial charge in [-0.1, -0.05) is 16.9 Å². The number of hydroxylamine groups is 2. The number of hydrogen-bond acceptors (Lipinski definition) is 11. The minimum atomic E-state index is -4.96. The van der Waals surface area contributed by atoms with E-state index < -0.39 is 61.4 Å². The van der Waals surface area contributed by atoms with Gasteiger partial charge in [-0.05, 0) is 29.3 Å². The molecule has 16 heteroatoms. The van der Waals surface area contributed by atoms with Crippen LogP contribution in [0.5, 0.6) is 0 Å². The van der Waals surface area contributed by atoms with Gasteiger partial charge in [-0.3, -0.25) is 18.7 Å². The number of carbonyl (C=O) groups excluding carboxylic acids is 3. The molecule has 0 aromatic carbocycles. The van der Waals surface area contributed by atoms with Crippen LogP contribution in [0.15, 0.2) is 29.4 Å². The summed E-state index contributed by atoms with van der Waals surface area (Å²) in [6.45, 7) is 0. The van der Waals surface area contributed by atoms with Crippen LogP contribution in [0.2, 0.25) is 0 Å². The summed E-state index contributed by atoms with van der Waals surface area (Å²) in [6, 6.07) is 5.13. The molecule has 1 aliphatic rings. The highest BCUT2D eigenvalue weighted by molar-refractivity contribution is 8.76. The fraction of sp³-hybridized carbons (Fsp3) is 0.385. The molecule has 12 nitrogen and oxygen atoms in total. The normalized spacial score (nSPS) is 18.7. The number of pyridine rings is 1. The molecule has 1 fully saturated rings. The maximum absolute atomic E-state index is 12.1. The van der Waals surface area contributed by atoms with Crippen molar-refractivity contribution < 1.29 is 45.2 Å². The predicted octanol–water partition coefficient (Wildman–Crippen LogP) is -0.0581. The van der Waals surface area contributed by atoms with Crippen molar-refractivity contribution in [3.8, 4) is 0 Å². The Bertz CT molecular complexity index is 996. The van der Waals surface area contributed by atoms with Crippen molar-refractivity contribution in [1.29, 1.82) is 0 Å². The molecule has 1 aliphatic heterocycles. The smallest absolute Gasteiger partial charge is 0.329 e. The van der Waals surface area contributed by atoms with E-state index in [1.165, 1.54) is 10.8 Å². The largest absolute Gasteiger partial charge is 0.353 e. The average molecular weight is 487 g/mol. The second-order valence-corrected chi connectivity index (χ2v) is 11.1. The van der Waals surface area contributed by atoms with Crippen molar-refractivity contribution >= 4 is 59.6 Å². The molecule has 0 aliphatic carbocycles. The van der Waals surface area contributed by atoms with Gasteiger partial charge >= 0.3 is 5.97 Å². The number of imide groups is 1. The van der Waals surface area contributed by atoms with E-state index in [0.717, 1.165) is 10.8 Å². The fourth-order valence-corrected chi connectivity index (χ4v) is 5.63. The number of nitrogens with zero attached hydrogens (tertiary/aromatic N) is 2. The Morgan fingerprint density at radius 3 is 2.48 bits per heavy atom. The van der Waals surface area contributed by atoms with Crippen LogP contribution in [0, 0.1) is 0 Å². The van der Waals surface area contributed by atoms with Crippen LogP contribution < -0.4 is 0 Å². The van der Waals surface area contributed by atoms with E-state index >= 15 is 0 Å². The summed E-state index contributed by atoms with van der Waals surface area (Å²) in [5.74, 6) is -4.41. The van der Waals surface area contributed by atoms with E-state index in [1.807, 2.05) is 0 Å². The molecule has 2 atom stereocenters. The van der Waals surface area contributed by atoms with Gasteiger partial charge < -0.3 is 4.84 Å². The second kappa shape index (κ2) is 9.40. The Hall–Kier alpha value is -1.72. The summed E-state index contributed by atoms with van der Waals surface area (Å²) < 4.78 is 63.3. The molecule has 0 bridgehead atoms. The van der Waals surface area contributed by atoms with E-state index in [4.69, 9.17) is 4.55 Å². The molecule has 0 spiro atoms. The molecule has 29 heavy (non-hydrogen) atoms. The standard InChI is InChI=1S/C13H14N2O10S4/c16-11-7-9(29(22,23)24)12(17)15(11)25-13(18)8(28(19,20)21)4-6-26-27-10-3-1-2-5-14-10/h1-3,5,8-9H,4,6-7H2,(H,19,20,21)(H,22,23,24). The van der Waals surface area contributed by atoms with Crippen molar-refractivity contribution in [2.75, 3.05) is 5.75 Å². The number of rotatable bonds is 9. The van der Waals surface area contributed by atoms with Crippen LogP contribution in [-0.4, -0.2) is 70.0 Å². The highest BCUT2D eigenvalue weighted by Crippen LogP contribution is 2.30. The van der Waals surface area contributed by atoms with Gasteiger partial charge in [-0.15, -0.1) is 5.06 Å². The zero-order valence-electron chi connectivity index (χ0n) is 14.3. The molecule has 160 valence electrons. The third-order valence-electron chi connectivity index (χ3n) is 3.47. The lowest BCUT2D eigenvalue weighted by Crippen LogP contribution is -2.41. The minimum Gasteiger partial charge on any atom is -0.329 e. The average Bonchev–Trinajstić information content (AvgIpc) is 2.89. The van der Waals surface area contributed by atoms with E-state index in [-0.39, 0.29) is 10.8 Å². The number of amides is 2. The lowest BCUT2D eigenvalue weighted by Gasteiger charge is -2.17. The van der Waals surface area contributed by atoms with Gasteiger partial charge in [-0.2, -0.15) is 16.8 Å². The molecule has 2 rings (SSSR count). The maximum atomic E-state index is 12.1. The first-order valence-electron chi connectivity index (χ1n) is 7.63. The van der Waals surface area contributed by atoms with E-state index in [0.29, 0.717) is 5.03 Å². The molecule has 2 unspecified atom stereocenters. The third-order valence-corrected chi connectivity index (χ3v) is 8.00. The SMILES string of the molecule is O=C(ON1C(=O)CC(S(=O)(=O)O)C1=O)C(CCSSc1ccccn1)S(=O)(=O)O. The lowest BCUT2D eigenvalue weighted by atomic mass is 10.3. The molecule has 1 aromatic rings. The first kappa shape index (κ1) is 23.6. The zero-order chi connectivity index (χ0) is 21.8. The summed E-state index contributed by atoms with van der Waals surface area (Å²) in [6.07, 6.45) is 0.142. The Kier molecular flexibility index (Phi) is 7.63. The molecule has 2 heterocycles. The molecule has 0 radical (unpaired) electrons. The van der Waals surface area contributed by atoms with Gasteiger partial charge in [0.1, 0.15) is 5.03 Å². The summed E-state index contributed by atoms with van der Waals surface area (Å²) in [4.78, 5) is 44.1. The number of aromatic nitrogens is 1. The van der Waals surface area contributed by atoms with Crippen molar-refractivity contribution in [3.05, 3.63) is 24.4 Å². The van der Waals surface area contributed by atoms with Gasteiger partial charge in [-0.25, -0.2) is 9.78 Å². The second-order valence-electron chi connectivity index (χ2n) is 5.51. The summed E-state index contributed by atoms with van der Waals surface area (Å²) >= 11 is 0. The van der Waals surface area contributed by atoms with Crippen molar-refractivity contribution in [2.24, 2.45) is 0 Å². The van der Waals surface area contributed by atoms with Crippen LogP contribution in [0.25, 0.3) is 0 Å². The van der Waals surface area contributed by atoms with Crippen LogP contribution in [0.4, 0.5) is 0 Å². The van der Waals surface area contributed by atoms with E-state index in [9.17, 15) is 35.8 Å². The summed E-state index contributed by atoms with van der Waals surface area (Å²) in [5, 5.41) is -3.88. The van der Waals surface area contributed by atoms with Gasteiger partial charge in [0, 0.05) is 11.9 Å². The Labute approximate surface area is 173 Å². The van der Waals surface area contributed by atoms with E-state index in [2.05, 4.69) is 9.82 Å². The van der Waals surface area contributed by atoms with Crippen molar-refractivity contribution in [1.82, 2.24) is 10.0 Å². The zero-order valence-corrected chi connectivity index (χ0v) is 17.5. The topological polar surface area (TPSA) is 185 Å². The van der Waals surface area contributed by atoms with Crippen LogP contribution in [-0.2, 0) is 39.5 Å². The molecular weight excluding hydrogens is 472 g/mol.